The maximum Gasteiger partial charge on any atom is 0.226 e. The Bertz CT molecular complexity index is 726. The predicted molar refractivity (Wildman–Crippen MR) is 97.2 cm³/mol. The van der Waals surface area contributed by atoms with Crippen molar-refractivity contribution >= 4 is 11.8 Å². The summed E-state index contributed by atoms with van der Waals surface area (Å²) in [6, 6.07) is 2.24. The van der Waals surface area contributed by atoms with Crippen molar-refractivity contribution in [2.75, 3.05) is 44.0 Å². The van der Waals surface area contributed by atoms with Crippen LogP contribution in [0.5, 0.6) is 0 Å². The fourth-order valence-corrected chi connectivity index (χ4v) is 3.22. The highest BCUT2D eigenvalue weighted by Crippen LogP contribution is 2.23. The van der Waals surface area contributed by atoms with Gasteiger partial charge >= 0.3 is 0 Å². The van der Waals surface area contributed by atoms with Gasteiger partial charge in [0.2, 0.25) is 5.95 Å². The van der Waals surface area contributed by atoms with Crippen LogP contribution in [0.4, 0.5) is 20.5 Å². The summed E-state index contributed by atoms with van der Waals surface area (Å²) >= 11 is 0. The van der Waals surface area contributed by atoms with Crippen molar-refractivity contribution in [2.24, 2.45) is 0 Å². The van der Waals surface area contributed by atoms with Crippen molar-refractivity contribution in [3.05, 3.63) is 41.9 Å². The molecule has 8 heteroatoms. The molecule has 2 aromatic rings. The third-order valence-corrected chi connectivity index (χ3v) is 4.83. The Morgan fingerprint density at radius 1 is 1.12 bits per heavy atom. The van der Waals surface area contributed by atoms with Crippen LogP contribution in [0.25, 0.3) is 0 Å². The van der Waals surface area contributed by atoms with E-state index in [2.05, 4.69) is 24.8 Å². The molecule has 0 bridgehead atoms. The molecule has 0 N–H and O–H groups in total. The molecule has 0 radical (unpaired) electrons. The molecule has 1 fully saturated rings. The largest absolute Gasteiger partial charge is 0.356 e. The molecule has 0 aliphatic carbocycles. The molecule has 140 valence electrons. The first-order chi connectivity index (χ1) is 12.5. The summed E-state index contributed by atoms with van der Waals surface area (Å²) in [6.45, 7) is 1.83. The van der Waals surface area contributed by atoms with Crippen molar-refractivity contribution < 1.29 is 8.78 Å². The Kier molecular flexibility index (Phi) is 5.61. The molecular formula is C18H24F2N6. The minimum Gasteiger partial charge on any atom is -0.356 e. The molecule has 0 aromatic carbocycles. The van der Waals surface area contributed by atoms with Crippen LogP contribution in [0, 0.1) is 11.6 Å². The minimum atomic E-state index is -0.582. The van der Waals surface area contributed by atoms with E-state index in [0.29, 0.717) is 12.0 Å². The van der Waals surface area contributed by atoms with Gasteiger partial charge in [-0.1, -0.05) is 0 Å². The van der Waals surface area contributed by atoms with Crippen molar-refractivity contribution in [1.82, 2.24) is 19.9 Å². The van der Waals surface area contributed by atoms with E-state index in [1.807, 2.05) is 32.1 Å². The highest BCUT2D eigenvalue weighted by Gasteiger charge is 2.25. The molecule has 1 saturated heterocycles. The van der Waals surface area contributed by atoms with E-state index in [9.17, 15) is 8.78 Å². The molecule has 0 atom stereocenters. The van der Waals surface area contributed by atoms with Crippen LogP contribution in [0.3, 0.4) is 0 Å². The second-order valence-electron chi connectivity index (χ2n) is 6.81. The van der Waals surface area contributed by atoms with E-state index in [1.165, 1.54) is 0 Å². The van der Waals surface area contributed by atoms with Crippen LogP contribution < -0.4 is 9.80 Å². The molecule has 1 aliphatic heterocycles. The summed E-state index contributed by atoms with van der Waals surface area (Å²) in [5, 5.41) is 0. The zero-order valence-electron chi connectivity index (χ0n) is 15.4. The predicted octanol–water partition coefficient (Wildman–Crippen LogP) is 2.32. The highest BCUT2D eigenvalue weighted by molar-refractivity contribution is 5.43. The fraction of sp³-hybridized carbons (Fsp3) is 0.500. The summed E-state index contributed by atoms with van der Waals surface area (Å²) in [5.74, 6) is 0.395. The third-order valence-electron chi connectivity index (χ3n) is 4.83. The van der Waals surface area contributed by atoms with Crippen molar-refractivity contribution in [2.45, 2.75) is 25.4 Å². The molecule has 3 rings (SSSR count). The normalized spacial score (nSPS) is 15.9. The number of nitrogens with zero attached hydrogens (tertiary/aromatic N) is 6. The van der Waals surface area contributed by atoms with Gasteiger partial charge in [-0.15, -0.1) is 0 Å². The van der Waals surface area contributed by atoms with Gasteiger partial charge in [0.05, 0.1) is 12.4 Å². The maximum absolute atomic E-state index is 13.8. The van der Waals surface area contributed by atoms with Crippen LogP contribution in [-0.2, 0) is 6.54 Å². The molecule has 0 amide bonds. The number of aromatic nitrogens is 3. The van der Waals surface area contributed by atoms with E-state index in [-0.39, 0.29) is 12.1 Å². The van der Waals surface area contributed by atoms with Gasteiger partial charge in [-0.25, -0.2) is 13.8 Å². The Morgan fingerprint density at radius 2 is 1.77 bits per heavy atom. The van der Waals surface area contributed by atoms with E-state index >= 15 is 0 Å². The summed E-state index contributed by atoms with van der Waals surface area (Å²) in [7, 11) is 5.86. The van der Waals surface area contributed by atoms with E-state index < -0.39 is 11.6 Å². The van der Waals surface area contributed by atoms with Crippen molar-refractivity contribution in [3.8, 4) is 0 Å². The first kappa shape index (κ1) is 18.4. The molecule has 0 spiro atoms. The van der Waals surface area contributed by atoms with Crippen LogP contribution >= 0.6 is 0 Å². The van der Waals surface area contributed by atoms with Gasteiger partial charge in [-0.05, 0) is 18.9 Å². The summed E-state index contributed by atoms with van der Waals surface area (Å²) in [4.78, 5) is 18.5. The molecule has 2 aromatic heterocycles. The van der Waals surface area contributed by atoms with Crippen molar-refractivity contribution in [1.29, 1.82) is 0 Å². The van der Waals surface area contributed by atoms with Crippen LogP contribution in [0.1, 0.15) is 18.4 Å². The lowest BCUT2D eigenvalue weighted by atomic mass is 10.0. The highest BCUT2D eigenvalue weighted by atomic mass is 19.1. The number of piperidine rings is 1. The number of pyridine rings is 1. The SMILES string of the molecule is CN(C)c1nccc(N(C)C2CCN(Cc3c(F)cncc3F)CC2)n1. The lowest BCUT2D eigenvalue weighted by Crippen LogP contribution is -2.43. The van der Waals surface area contributed by atoms with Gasteiger partial charge in [-0.3, -0.25) is 9.88 Å². The number of rotatable bonds is 5. The summed E-state index contributed by atoms with van der Waals surface area (Å²) < 4.78 is 27.6. The van der Waals surface area contributed by atoms with Crippen molar-refractivity contribution in [3.63, 3.8) is 0 Å². The Labute approximate surface area is 152 Å². The van der Waals surface area contributed by atoms with E-state index in [4.69, 9.17) is 0 Å². The number of likely N-dealkylation sites (tertiary alicyclic amines) is 1. The molecule has 1 aliphatic rings. The first-order valence-corrected chi connectivity index (χ1v) is 8.69. The van der Waals surface area contributed by atoms with E-state index in [0.717, 1.165) is 44.1 Å². The van der Waals surface area contributed by atoms with Crippen LogP contribution in [0.2, 0.25) is 0 Å². The average molecular weight is 362 g/mol. The third kappa shape index (κ3) is 4.07. The fourth-order valence-electron chi connectivity index (χ4n) is 3.22. The molecular weight excluding hydrogens is 338 g/mol. The standard InChI is InChI=1S/C18H24F2N6/c1-24(2)18-22-7-4-17(23-18)25(3)13-5-8-26(9-6-13)12-14-15(19)10-21-11-16(14)20/h4,7,10-11,13H,5-6,8-9,12H2,1-3H3. The summed E-state index contributed by atoms with van der Waals surface area (Å²) in [6.07, 6.45) is 5.71. The zero-order chi connectivity index (χ0) is 18.7. The number of halogens is 2. The molecule has 0 saturated carbocycles. The first-order valence-electron chi connectivity index (χ1n) is 8.69. The molecule has 0 unspecified atom stereocenters. The molecule has 6 nitrogen and oxygen atoms in total. The monoisotopic (exact) mass is 362 g/mol. The number of hydrogen-bond donors (Lipinski definition) is 0. The quantitative estimate of drug-likeness (QED) is 0.814. The van der Waals surface area contributed by atoms with Gasteiger partial charge in [0.25, 0.3) is 0 Å². The summed E-state index contributed by atoms with van der Waals surface area (Å²) in [5.41, 5.74) is 0.0956. The molecule has 3 heterocycles. The van der Waals surface area contributed by atoms with E-state index in [1.54, 1.807) is 6.20 Å². The second-order valence-corrected chi connectivity index (χ2v) is 6.81. The van der Waals surface area contributed by atoms with Gasteiger partial charge in [0.1, 0.15) is 17.5 Å². The second kappa shape index (κ2) is 7.90. The Balaban J connectivity index is 1.60. The maximum atomic E-state index is 13.8. The van der Waals surface area contributed by atoms with Gasteiger partial charge < -0.3 is 9.80 Å². The number of anilines is 2. The van der Waals surface area contributed by atoms with Crippen LogP contribution in [-0.4, -0.2) is 60.1 Å². The van der Waals surface area contributed by atoms with Gasteiger partial charge in [-0.2, -0.15) is 4.98 Å². The Hall–Kier alpha value is -2.35. The number of hydrogen-bond acceptors (Lipinski definition) is 6. The molecule has 26 heavy (non-hydrogen) atoms. The lowest BCUT2D eigenvalue weighted by molar-refractivity contribution is 0.198. The topological polar surface area (TPSA) is 48.4 Å². The van der Waals surface area contributed by atoms with Gasteiger partial charge in [0.15, 0.2) is 0 Å². The lowest BCUT2D eigenvalue weighted by Gasteiger charge is -2.37. The minimum absolute atomic E-state index is 0.0956. The zero-order valence-corrected chi connectivity index (χ0v) is 15.4. The van der Waals surface area contributed by atoms with Gasteiger partial charge in [0, 0.05) is 58.6 Å². The van der Waals surface area contributed by atoms with Crippen LogP contribution in [0.15, 0.2) is 24.7 Å². The average Bonchev–Trinajstić information content (AvgIpc) is 2.65. The smallest absolute Gasteiger partial charge is 0.226 e. The Morgan fingerprint density at radius 3 is 2.38 bits per heavy atom.